The average molecular weight is 340 g/mol. The molecule has 0 aromatic rings. The fourth-order valence-electron chi connectivity index (χ4n) is 3.53. The van der Waals surface area contributed by atoms with Crippen LogP contribution in [0.4, 0.5) is 0 Å². The maximum Gasteiger partial charge on any atom is 0.312 e. The van der Waals surface area contributed by atoms with Gasteiger partial charge in [-0.1, -0.05) is 12.2 Å². The molecule has 0 N–H and O–H groups in total. The fraction of sp³-hybridized carbons (Fsp3) is 0.706. The zero-order valence-electron chi connectivity index (χ0n) is 14.3. The number of methoxy groups -OCH3 is 2. The number of rotatable bonds is 8. The summed E-state index contributed by atoms with van der Waals surface area (Å²) in [6.45, 7) is 2.13. The van der Waals surface area contributed by atoms with Gasteiger partial charge in [0.25, 0.3) is 0 Å². The van der Waals surface area contributed by atoms with Crippen LogP contribution in [0.25, 0.3) is 0 Å². The number of carbonyl (C=O) groups is 3. The number of unbranched alkanes of at least 4 members (excludes halogenated alkanes) is 1. The van der Waals surface area contributed by atoms with E-state index in [0.29, 0.717) is 32.3 Å². The minimum absolute atomic E-state index is 0.237. The number of carbonyl (C=O) groups excluding carboxylic acids is 3. The SMILES string of the molecule is CCOC(=O)CCCC[C@@]12C=C[C@@H](O1)[C@@H](C(=O)OC)[C@H]2C(=O)OC. The monoisotopic (exact) mass is 340 g/mol. The van der Waals surface area contributed by atoms with Crippen LogP contribution in [0.3, 0.4) is 0 Å². The highest BCUT2D eigenvalue weighted by atomic mass is 16.6. The molecular formula is C17H24O7. The second-order valence-corrected chi connectivity index (χ2v) is 5.96. The Morgan fingerprint density at radius 2 is 1.83 bits per heavy atom. The van der Waals surface area contributed by atoms with Crippen LogP contribution in [-0.4, -0.2) is 50.4 Å². The summed E-state index contributed by atoms with van der Waals surface area (Å²) < 4.78 is 20.5. The van der Waals surface area contributed by atoms with Crippen LogP contribution in [0, 0.1) is 11.8 Å². The molecule has 0 amide bonds. The standard InChI is InChI=1S/C17H24O7/c1-4-23-12(18)7-5-6-9-17-10-8-11(24-17)13(15(19)21-2)14(17)16(20)22-3/h8,10-11,13-14H,4-7,9H2,1-3H3/t11-,13-,14+,17+/m1/s1. The lowest BCUT2D eigenvalue weighted by atomic mass is 9.73. The van der Waals surface area contributed by atoms with Crippen LogP contribution in [0.5, 0.6) is 0 Å². The van der Waals surface area contributed by atoms with Crippen molar-refractivity contribution < 1.29 is 33.3 Å². The molecule has 0 unspecified atom stereocenters. The molecule has 7 nitrogen and oxygen atoms in total. The summed E-state index contributed by atoms with van der Waals surface area (Å²) in [6.07, 6.45) is 5.28. The van der Waals surface area contributed by atoms with Crippen molar-refractivity contribution in [3.8, 4) is 0 Å². The Morgan fingerprint density at radius 1 is 1.12 bits per heavy atom. The lowest BCUT2D eigenvalue weighted by Gasteiger charge is -2.30. The molecule has 7 heteroatoms. The predicted molar refractivity (Wildman–Crippen MR) is 82.9 cm³/mol. The van der Waals surface area contributed by atoms with E-state index in [0.717, 1.165) is 0 Å². The molecule has 0 aliphatic carbocycles. The summed E-state index contributed by atoms with van der Waals surface area (Å²) in [5, 5.41) is 0. The summed E-state index contributed by atoms with van der Waals surface area (Å²) >= 11 is 0. The zero-order chi connectivity index (χ0) is 17.7. The largest absolute Gasteiger partial charge is 0.469 e. The molecule has 134 valence electrons. The summed E-state index contributed by atoms with van der Waals surface area (Å²) in [5.74, 6) is -2.63. The van der Waals surface area contributed by atoms with E-state index in [1.54, 1.807) is 13.0 Å². The van der Waals surface area contributed by atoms with E-state index >= 15 is 0 Å². The quantitative estimate of drug-likeness (QED) is 0.285. The maximum absolute atomic E-state index is 12.2. The van der Waals surface area contributed by atoms with Gasteiger partial charge in [0.15, 0.2) is 0 Å². The second-order valence-electron chi connectivity index (χ2n) is 5.96. The Hall–Kier alpha value is -1.89. The fourth-order valence-corrected chi connectivity index (χ4v) is 3.53. The first kappa shape index (κ1) is 18.4. The molecule has 2 aliphatic rings. The van der Waals surface area contributed by atoms with Gasteiger partial charge >= 0.3 is 17.9 Å². The third-order valence-electron chi connectivity index (χ3n) is 4.60. The first-order valence-electron chi connectivity index (χ1n) is 8.17. The summed E-state index contributed by atoms with van der Waals surface area (Å²) in [7, 11) is 2.58. The van der Waals surface area contributed by atoms with Crippen molar-refractivity contribution in [2.75, 3.05) is 20.8 Å². The van der Waals surface area contributed by atoms with Gasteiger partial charge in [0.1, 0.15) is 17.4 Å². The maximum atomic E-state index is 12.2. The number of ether oxygens (including phenoxy) is 4. The zero-order valence-corrected chi connectivity index (χ0v) is 14.3. The molecule has 1 saturated heterocycles. The first-order chi connectivity index (χ1) is 11.5. The Labute approximate surface area is 141 Å². The van der Waals surface area contributed by atoms with Gasteiger partial charge in [-0.25, -0.2) is 0 Å². The van der Waals surface area contributed by atoms with E-state index in [4.69, 9.17) is 18.9 Å². The van der Waals surface area contributed by atoms with Crippen LogP contribution in [-0.2, 0) is 33.3 Å². The third kappa shape index (κ3) is 3.45. The van der Waals surface area contributed by atoms with Gasteiger partial charge in [-0.05, 0) is 26.2 Å². The second kappa shape index (κ2) is 7.79. The highest BCUT2D eigenvalue weighted by Crippen LogP contribution is 2.50. The van der Waals surface area contributed by atoms with Crippen LogP contribution in [0.15, 0.2) is 12.2 Å². The van der Waals surface area contributed by atoms with Crippen molar-refractivity contribution >= 4 is 17.9 Å². The molecular weight excluding hydrogens is 316 g/mol. The first-order valence-corrected chi connectivity index (χ1v) is 8.17. The molecule has 2 bridgehead atoms. The Morgan fingerprint density at radius 3 is 2.46 bits per heavy atom. The van der Waals surface area contributed by atoms with Gasteiger partial charge in [-0.3, -0.25) is 14.4 Å². The molecule has 0 aromatic heterocycles. The van der Waals surface area contributed by atoms with Crippen LogP contribution in [0.2, 0.25) is 0 Å². The molecule has 1 fully saturated rings. The normalized spacial score (nSPS) is 30.2. The van der Waals surface area contributed by atoms with Crippen molar-refractivity contribution in [3.05, 3.63) is 12.2 Å². The topological polar surface area (TPSA) is 88.1 Å². The van der Waals surface area contributed by atoms with Gasteiger partial charge in [0.2, 0.25) is 0 Å². The molecule has 0 spiro atoms. The van der Waals surface area contributed by atoms with E-state index in [1.165, 1.54) is 14.2 Å². The van der Waals surface area contributed by atoms with Crippen LogP contribution in [0.1, 0.15) is 32.6 Å². The minimum Gasteiger partial charge on any atom is -0.469 e. The van der Waals surface area contributed by atoms with Crippen molar-refractivity contribution in [2.45, 2.75) is 44.3 Å². The van der Waals surface area contributed by atoms with Crippen molar-refractivity contribution in [1.29, 1.82) is 0 Å². The lowest BCUT2D eigenvalue weighted by Crippen LogP contribution is -2.44. The number of esters is 3. The van der Waals surface area contributed by atoms with Gasteiger partial charge in [0, 0.05) is 6.42 Å². The molecule has 2 aliphatic heterocycles. The van der Waals surface area contributed by atoms with E-state index in [9.17, 15) is 14.4 Å². The van der Waals surface area contributed by atoms with Gasteiger partial charge in [0.05, 0.1) is 26.9 Å². The van der Waals surface area contributed by atoms with E-state index in [-0.39, 0.29) is 5.97 Å². The summed E-state index contributed by atoms with van der Waals surface area (Å²) in [5.41, 5.74) is -0.870. The Bertz CT molecular complexity index is 527. The van der Waals surface area contributed by atoms with Crippen LogP contribution < -0.4 is 0 Å². The number of fused-ring (bicyclic) bond motifs is 2. The molecule has 2 heterocycles. The summed E-state index contributed by atoms with van der Waals surface area (Å²) in [6, 6.07) is 0. The van der Waals surface area contributed by atoms with Crippen LogP contribution >= 0.6 is 0 Å². The van der Waals surface area contributed by atoms with Gasteiger partial charge < -0.3 is 18.9 Å². The van der Waals surface area contributed by atoms with E-state index < -0.39 is 35.5 Å². The van der Waals surface area contributed by atoms with Crippen molar-refractivity contribution in [2.24, 2.45) is 11.8 Å². The smallest absolute Gasteiger partial charge is 0.312 e. The summed E-state index contributed by atoms with van der Waals surface area (Å²) in [4.78, 5) is 35.7. The van der Waals surface area contributed by atoms with E-state index in [2.05, 4.69) is 0 Å². The Kier molecular flexibility index (Phi) is 5.99. The average Bonchev–Trinajstić information content (AvgIpc) is 3.14. The van der Waals surface area contributed by atoms with Gasteiger partial charge in [-0.2, -0.15) is 0 Å². The van der Waals surface area contributed by atoms with E-state index in [1.807, 2.05) is 6.08 Å². The molecule has 2 rings (SSSR count). The third-order valence-corrected chi connectivity index (χ3v) is 4.60. The highest BCUT2D eigenvalue weighted by Gasteiger charge is 2.62. The minimum atomic E-state index is -0.870. The molecule has 0 radical (unpaired) electrons. The highest BCUT2D eigenvalue weighted by molar-refractivity contribution is 5.85. The van der Waals surface area contributed by atoms with Crippen molar-refractivity contribution in [1.82, 2.24) is 0 Å². The van der Waals surface area contributed by atoms with Gasteiger partial charge in [-0.15, -0.1) is 0 Å². The Balaban J connectivity index is 2.04. The number of hydrogen-bond acceptors (Lipinski definition) is 7. The lowest BCUT2D eigenvalue weighted by molar-refractivity contribution is -0.158. The molecule has 0 saturated carbocycles. The van der Waals surface area contributed by atoms with Crippen molar-refractivity contribution in [3.63, 3.8) is 0 Å². The predicted octanol–water partition coefficient (Wildman–Crippen LogP) is 1.40. The molecule has 0 aromatic carbocycles. The molecule has 4 atom stereocenters. The molecule has 24 heavy (non-hydrogen) atoms. The number of hydrogen-bond donors (Lipinski definition) is 0.